The van der Waals surface area contributed by atoms with Gasteiger partial charge in [-0.15, -0.1) is 10.2 Å². The maximum atomic E-state index is 5.83. The fourth-order valence-electron chi connectivity index (χ4n) is 1.76. The fourth-order valence-corrected chi connectivity index (χ4v) is 1.76. The third-order valence-corrected chi connectivity index (χ3v) is 2.49. The number of aryl methyl sites for hydroxylation is 1. The highest BCUT2D eigenvalue weighted by molar-refractivity contribution is 5.78. The first-order valence-corrected chi connectivity index (χ1v) is 5.05. The molecule has 3 aromatic heterocycles. The maximum absolute atomic E-state index is 5.83. The fraction of sp³-hybridized carbons (Fsp3) is 0.200. The van der Waals surface area contributed by atoms with Crippen LogP contribution in [0.5, 0.6) is 0 Å². The van der Waals surface area contributed by atoms with Crippen LogP contribution in [-0.4, -0.2) is 24.6 Å². The zero-order valence-corrected chi connectivity index (χ0v) is 8.75. The smallest absolute Gasteiger partial charge is 0.205 e. The van der Waals surface area contributed by atoms with E-state index in [-0.39, 0.29) is 0 Å². The Kier molecular flexibility index (Phi) is 1.76. The molecule has 3 aromatic rings. The van der Waals surface area contributed by atoms with Crippen LogP contribution >= 0.6 is 0 Å². The lowest BCUT2D eigenvalue weighted by Gasteiger charge is -2.03. The number of hydrogen-bond acceptors (Lipinski definition) is 5. The topological polar surface area (TPSA) is 82.0 Å². The predicted molar refractivity (Wildman–Crippen MR) is 59.9 cm³/mol. The van der Waals surface area contributed by atoms with Gasteiger partial charge >= 0.3 is 0 Å². The van der Waals surface area contributed by atoms with E-state index < -0.39 is 0 Å². The van der Waals surface area contributed by atoms with Crippen LogP contribution in [-0.2, 0) is 6.42 Å². The van der Waals surface area contributed by atoms with Crippen LogP contribution in [0.1, 0.15) is 12.7 Å². The minimum absolute atomic E-state index is 0.382. The van der Waals surface area contributed by atoms with Crippen molar-refractivity contribution >= 4 is 22.6 Å². The van der Waals surface area contributed by atoms with Crippen LogP contribution in [0.25, 0.3) is 16.8 Å². The first-order valence-electron chi connectivity index (χ1n) is 5.05. The van der Waals surface area contributed by atoms with Gasteiger partial charge in [-0.2, -0.15) is 0 Å². The average molecular weight is 214 g/mol. The highest BCUT2D eigenvalue weighted by Gasteiger charge is 2.12. The highest BCUT2D eigenvalue weighted by Crippen LogP contribution is 2.17. The molecule has 3 heterocycles. The molecule has 0 aliphatic heterocycles. The molecule has 80 valence electrons. The van der Waals surface area contributed by atoms with Gasteiger partial charge in [0, 0.05) is 12.6 Å². The van der Waals surface area contributed by atoms with Gasteiger partial charge in [-0.3, -0.25) is 4.40 Å². The molecular weight excluding hydrogens is 204 g/mol. The number of nitrogen functional groups attached to an aromatic ring is 1. The Morgan fingerprint density at radius 1 is 1.31 bits per heavy atom. The monoisotopic (exact) mass is 214 g/mol. The number of rotatable bonds is 1. The molecule has 16 heavy (non-hydrogen) atoms. The highest BCUT2D eigenvalue weighted by atomic mass is 15.3. The molecule has 3 rings (SSSR count). The van der Waals surface area contributed by atoms with E-state index in [9.17, 15) is 0 Å². The molecule has 2 N–H and O–H groups in total. The minimum atomic E-state index is 0.382. The first-order chi connectivity index (χ1) is 7.81. The number of aromatic nitrogens is 5. The van der Waals surface area contributed by atoms with Crippen LogP contribution in [0.4, 0.5) is 5.82 Å². The van der Waals surface area contributed by atoms with Crippen LogP contribution in [0, 0.1) is 0 Å². The second-order valence-corrected chi connectivity index (χ2v) is 3.47. The molecule has 0 radical (unpaired) electrons. The first kappa shape index (κ1) is 9.02. The van der Waals surface area contributed by atoms with E-state index in [0.29, 0.717) is 11.5 Å². The van der Waals surface area contributed by atoms with Crippen molar-refractivity contribution in [3.63, 3.8) is 0 Å². The summed E-state index contributed by atoms with van der Waals surface area (Å²) in [7, 11) is 0. The number of nitrogens with zero attached hydrogens (tertiary/aromatic N) is 5. The lowest BCUT2D eigenvalue weighted by Crippen LogP contribution is -2.02. The van der Waals surface area contributed by atoms with Crippen LogP contribution in [0.3, 0.4) is 0 Å². The number of pyridine rings is 1. The summed E-state index contributed by atoms with van der Waals surface area (Å²) in [5.41, 5.74) is 7.90. The van der Waals surface area contributed by atoms with E-state index in [0.717, 1.165) is 23.4 Å². The number of nitrogens with two attached hydrogens (primary N) is 1. The summed E-state index contributed by atoms with van der Waals surface area (Å²) >= 11 is 0. The number of anilines is 1. The van der Waals surface area contributed by atoms with E-state index in [1.54, 1.807) is 6.20 Å². The van der Waals surface area contributed by atoms with Gasteiger partial charge in [0.15, 0.2) is 11.5 Å². The standard InChI is InChI=1S/C10H10N6/c1-2-7-14-15-10-8(11)13-6-4-3-5-12-9(6)16(7)10/h3-5H,2H2,1H3,(H2,11,13). The van der Waals surface area contributed by atoms with E-state index in [1.807, 2.05) is 23.5 Å². The number of hydrogen-bond donors (Lipinski definition) is 1. The van der Waals surface area contributed by atoms with Gasteiger partial charge in [0.05, 0.1) is 0 Å². The summed E-state index contributed by atoms with van der Waals surface area (Å²) in [5.74, 6) is 1.22. The summed E-state index contributed by atoms with van der Waals surface area (Å²) in [4.78, 5) is 8.54. The largest absolute Gasteiger partial charge is 0.381 e. The molecule has 0 amide bonds. The number of fused-ring (bicyclic) bond motifs is 3. The van der Waals surface area contributed by atoms with Crippen molar-refractivity contribution in [3.8, 4) is 0 Å². The second-order valence-electron chi connectivity index (χ2n) is 3.47. The molecule has 0 atom stereocenters. The van der Waals surface area contributed by atoms with Crippen LogP contribution in [0.2, 0.25) is 0 Å². The summed E-state index contributed by atoms with van der Waals surface area (Å²) in [6.07, 6.45) is 2.50. The normalized spacial score (nSPS) is 11.3. The van der Waals surface area contributed by atoms with E-state index in [1.165, 1.54) is 0 Å². The molecule has 0 fully saturated rings. The van der Waals surface area contributed by atoms with Crippen LogP contribution in [0.15, 0.2) is 18.3 Å². The Hall–Kier alpha value is -2.24. The summed E-state index contributed by atoms with van der Waals surface area (Å²) in [6, 6.07) is 3.70. The Morgan fingerprint density at radius 2 is 2.19 bits per heavy atom. The SMILES string of the molecule is CCc1nnc2c(N)nc3cccnc3n12. The molecule has 0 spiro atoms. The van der Waals surface area contributed by atoms with Gasteiger partial charge < -0.3 is 5.73 Å². The lowest BCUT2D eigenvalue weighted by atomic mass is 10.4. The molecule has 0 aliphatic rings. The quantitative estimate of drug-likeness (QED) is 0.648. The van der Waals surface area contributed by atoms with E-state index in [2.05, 4.69) is 20.2 Å². The van der Waals surface area contributed by atoms with Gasteiger partial charge in [0.25, 0.3) is 0 Å². The lowest BCUT2D eigenvalue weighted by molar-refractivity contribution is 0.916. The Bertz CT molecular complexity index is 671. The van der Waals surface area contributed by atoms with Crippen molar-refractivity contribution in [2.75, 3.05) is 5.73 Å². The molecule has 6 heteroatoms. The summed E-state index contributed by atoms with van der Waals surface area (Å²) < 4.78 is 1.86. The van der Waals surface area contributed by atoms with Gasteiger partial charge in [-0.25, -0.2) is 9.97 Å². The van der Waals surface area contributed by atoms with Crippen molar-refractivity contribution in [1.82, 2.24) is 24.6 Å². The Balaban J connectivity index is 2.59. The molecule has 0 saturated carbocycles. The van der Waals surface area contributed by atoms with Crippen molar-refractivity contribution in [3.05, 3.63) is 24.2 Å². The minimum Gasteiger partial charge on any atom is -0.381 e. The second kappa shape index (κ2) is 3.13. The maximum Gasteiger partial charge on any atom is 0.205 e. The van der Waals surface area contributed by atoms with E-state index in [4.69, 9.17) is 5.73 Å². The molecule has 0 bridgehead atoms. The van der Waals surface area contributed by atoms with Crippen molar-refractivity contribution in [2.45, 2.75) is 13.3 Å². The van der Waals surface area contributed by atoms with Gasteiger partial charge in [0.1, 0.15) is 11.3 Å². The van der Waals surface area contributed by atoms with Gasteiger partial charge in [-0.05, 0) is 12.1 Å². The van der Waals surface area contributed by atoms with Crippen molar-refractivity contribution < 1.29 is 0 Å². The molecule has 6 nitrogen and oxygen atoms in total. The molecule has 0 unspecified atom stereocenters. The Labute approximate surface area is 91.1 Å². The van der Waals surface area contributed by atoms with Crippen molar-refractivity contribution in [1.29, 1.82) is 0 Å². The zero-order chi connectivity index (χ0) is 11.1. The van der Waals surface area contributed by atoms with Crippen molar-refractivity contribution in [2.24, 2.45) is 0 Å². The third kappa shape index (κ3) is 1.06. The van der Waals surface area contributed by atoms with E-state index >= 15 is 0 Å². The van der Waals surface area contributed by atoms with Gasteiger partial charge in [-0.1, -0.05) is 6.92 Å². The molecular formula is C10H10N6. The molecule has 0 saturated heterocycles. The zero-order valence-electron chi connectivity index (χ0n) is 8.75. The predicted octanol–water partition coefficient (Wildman–Crippen LogP) is 0.817. The van der Waals surface area contributed by atoms with Crippen LogP contribution < -0.4 is 5.73 Å². The third-order valence-electron chi connectivity index (χ3n) is 2.49. The van der Waals surface area contributed by atoms with Gasteiger partial charge in [0.2, 0.25) is 5.65 Å². The summed E-state index contributed by atoms with van der Waals surface area (Å²) in [5, 5.41) is 8.10. The Morgan fingerprint density at radius 3 is 3.00 bits per heavy atom. The molecule has 0 aromatic carbocycles. The molecule has 0 aliphatic carbocycles. The average Bonchev–Trinajstić information content (AvgIpc) is 2.74. The summed E-state index contributed by atoms with van der Waals surface area (Å²) in [6.45, 7) is 2.02.